The predicted molar refractivity (Wildman–Crippen MR) is 126 cm³/mol. The van der Waals surface area contributed by atoms with Gasteiger partial charge in [0.2, 0.25) is 5.88 Å². The lowest BCUT2D eigenvalue weighted by molar-refractivity contribution is 0.0521. The molecule has 0 saturated carbocycles. The lowest BCUT2D eigenvalue weighted by Gasteiger charge is -2.37. The summed E-state index contributed by atoms with van der Waals surface area (Å²) in [5, 5.41) is 2.98. The van der Waals surface area contributed by atoms with Crippen LogP contribution in [-0.4, -0.2) is 50.2 Å². The molecule has 0 aliphatic rings. The number of amides is 1. The number of carbonyl (C=O) groups excluding carboxylic acids is 1. The first-order chi connectivity index (χ1) is 14.2. The molecule has 0 aliphatic heterocycles. The Morgan fingerprint density at radius 1 is 1.13 bits per heavy atom. The Bertz CT molecular complexity index is 904. The zero-order valence-corrected chi connectivity index (χ0v) is 21.3. The number of hydrogen-bond acceptors (Lipinski definition) is 6. The van der Waals surface area contributed by atoms with Crippen LogP contribution in [0.4, 0.5) is 4.79 Å². The quantitative estimate of drug-likeness (QED) is 0.582. The number of nitrogens with one attached hydrogen (secondary N) is 1. The van der Waals surface area contributed by atoms with Crippen LogP contribution in [0.5, 0.6) is 5.88 Å². The van der Waals surface area contributed by atoms with E-state index in [-0.39, 0.29) is 11.0 Å². The number of pyridine rings is 2. The monoisotopic (exact) mass is 447 g/mol. The summed E-state index contributed by atoms with van der Waals surface area (Å²) in [5.41, 5.74) is 1.92. The van der Waals surface area contributed by atoms with E-state index in [2.05, 4.69) is 49.1 Å². The van der Waals surface area contributed by atoms with Crippen molar-refractivity contribution in [1.29, 1.82) is 0 Å². The molecular weight excluding hydrogens is 410 g/mol. The van der Waals surface area contributed by atoms with Crippen molar-refractivity contribution in [2.24, 2.45) is 0 Å². The third-order valence-electron chi connectivity index (χ3n) is 5.58. The van der Waals surface area contributed by atoms with Crippen molar-refractivity contribution in [2.75, 3.05) is 20.3 Å². The van der Waals surface area contributed by atoms with Gasteiger partial charge in [0.15, 0.2) is 8.32 Å². The number of hydrogen-bond donors (Lipinski definition) is 1. The zero-order valence-electron chi connectivity index (χ0n) is 20.3. The van der Waals surface area contributed by atoms with Gasteiger partial charge in [0.05, 0.1) is 18.1 Å². The smallest absolute Gasteiger partial charge is 0.407 e. The minimum absolute atomic E-state index is 0.0813. The van der Waals surface area contributed by atoms with E-state index < -0.39 is 20.0 Å². The van der Waals surface area contributed by atoms with Crippen LogP contribution in [0.2, 0.25) is 18.1 Å². The Morgan fingerprint density at radius 2 is 1.81 bits per heavy atom. The van der Waals surface area contributed by atoms with E-state index in [0.717, 1.165) is 16.6 Å². The third-order valence-corrected chi connectivity index (χ3v) is 10.1. The number of nitrogens with zero attached hydrogens (tertiary/aromatic N) is 2. The molecule has 1 N–H and O–H groups in total. The number of methoxy groups -OCH3 is 1. The summed E-state index contributed by atoms with van der Waals surface area (Å²) in [7, 11) is -0.395. The lowest BCUT2D eigenvalue weighted by Crippen LogP contribution is -2.43. The van der Waals surface area contributed by atoms with Gasteiger partial charge in [-0.2, -0.15) is 0 Å². The zero-order chi connectivity index (χ0) is 23.4. The predicted octanol–water partition coefficient (Wildman–Crippen LogP) is 5.27. The van der Waals surface area contributed by atoms with Crippen molar-refractivity contribution < 1.29 is 18.7 Å². The highest BCUT2D eigenvalue weighted by molar-refractivity contribution is 6.74. The number of rotatable bonds is 7. The second-order valence-corrected chi connectivity index (χ2v) is 15.1. The van der Waals surface area contributed by atoms with E-state index >= 15 is 0 Å². The van der Waals surface area contributed by atoms with Crippen LogP contribution in [-0.2, 0) is 9.16 Å². The molecular formula is C23H37N3O4Si. The first kappa shape index (κ1) is 25.1. The fourth-order valence-corrected chi connectivity index (χ4v) is 3.83. The van der Waals surface area contributed by atoms with E-state index in [1.165, 1.54) is 0 Å². The first-order valence-electron chi connectivity index (χ1n) is 10.6. The molecule has 1 amide bonds. The van der Waals surface area contributed by atoms with Crippen LogP contribution >= 0.6 is 0 Å². The maximum absolute atomic E-state index is 12.3. The van der Waals surface area contributed by atoms with Gasteiger partial charge >= 0.3 is 6.09 Å². The molecule has 31 heavy (non-hydrogen) atoms. The van der Waals surface area contributed by atoms with Crippen molar-refractivity contribution in [2.45, 2.75) is 71.2 Å². The summed E-state index contributed by atoms with van der Waals surface area (Å²) < 4.78 is 17.2. The number of fused-ring (bicyclic) bond motifs is 1. The van der Waals surface area contributed by atoms with E-state index in [1.807, 2.05) is 32.9 Å². The molecule has 172 valence electrons. The van der Waals surface area contributed by atoms with E-state index in [1.54, 1.807) is 19.4 Å². The Morgan fingerprint density at radius 3 is 2.39 bits per heavy atom. The van der Waals surface area contributed by atoms with Gasteiger partial charge in [0.25, 0.3) is 0 Å². The SMILES string of the molecule is COc1ccc2nccc([C@H](CNC(=O)OC(C)(C)C)CO[Si](C)(C)C(C)(C)C)c2n1. The molecule has 0 saturated heterocycles. The summed E-state index contributed by atoms with van der Waals surface area (Å²) in [4.78, 5) is 21.4. The highest BCUT2D eigenvalue weighted by Crippen LogP contribution is 2.37. The third kappa shape index (κ3) is 6.90. The second-order valence-electron chi connectivity index (χ2n) is 10.3. The average Bonchev–Trinajstić information content (AvgIpc) is 2.65. The molecule has 0 unspecified atom stereocenters. The second kappa shape index (κ2) is 9.52. The Kier molecular flexibility index (Phi) is 7.70. The molecule has 7 nitrogen and oxygen atoms in total. The molecule has 0 bridgehead atoms. The van der Waals surface area contributed by atoms with Crippen LogP contribution < -0.4 is 10.1 Å². The Hall–Kier alpha value is -2.19. The van der Waals surface area contributed by atoms with Gasteiger partial charge in [-0.3, -0.25) is 4.98 Å². The average molecular weight is 448 g/mol. The van der Waals surface area contributed by atoms with E-state index in [9.17, 15) is 4.79 Å². The molecule has 1 atom stereocenters. The maximum Gasteiger partial charge on any atom is 0.407 e. The molecule has 0 aliphatic carbocycles. The molecule has 0 radical (unpaired) electrons. The molecule has 2 aromatic rings. The van der Waals surface area contributed by atoms with Crippen molar-refractivity contribution >= 4 is 25.4 Å². The van der Waals surface area contributed by atoms with Crippen molar-refractivity contribution in [3.63, 3.8) is 0 Å². The van der Waals surface area contributed by atoms with Gasteiger partial charge in [-0.15, -0.1) is 0 Å². The van der Waals surface area contributed by atoms with Crippen LogP contribution in [0.25, 0.3) is 11.0 Å². The Balaban J connectivity index is 2.35. The summed E-state index contributed by atoms with van der Waals surface area (Å²) in [6.45, 7) is 17.4. The summed E-state index contributed by atoms with van der Waals surface area (Å²) in [5.74, 6) is 0.401. The fraction of sp³-hybridized carbons (Fsp3) is 0.609. The number of carbonyl (C=O) groups is 1. The normalized spacial score (nSPS) is 13.7. The summed E-state index contributed by atoms with van der Waals surface area (Å²) in [6, 6.07) is 5.61. The minimum atomic E-state index is -1.98. The van der Waals surface area contributed by atoms with Crippen molar-refractivity contribution in [1.82, 2.24) is 15.3 Å². The van der Waals surface area contributed by atoms with Gasteiger partial charge < -0.3 is 19.2 Å². The van der Waals surface area contributed by atoms with Crippen LogP contribution in [0.15, 0.2) is 24.4 Å². The number of aromatic nitrogens is 2. The molecule has 2 aromatic heterocycles. The summed E-state index contributed by atoms with van der Waals surface area (Å²) in [6.07, 6.45) is 1.31. The van der Waals surface area contributed by atoms with Crippen molar-refractivity contribution in [3.8, 4) is 5.88 Å². The standard InChI is InChI=1S/C23H37N3O4Si/c1-22(2,3)30-21(27)25-14-16(15-29-31(8,9)23(4,5)6)17-12-13-24-18-10-11-19(28-7)26-20(17)18/h10-13,16H,14-15H2,1-9H3,(H,25,27)/t16-/m1/s1. The number of alkyl carbamates (subject to hydrolysis) is 1. The van der Waals surface area contributed by atoms with Crippen LogP contribution in [0.1, 0.15) is 53.0 Å². The molecule has 8 heteroatoms. The van der Waals surface area contributed by atoms with Crippen molar-refractivity contribution in [3.05, 3.63) is 30.0 Å². The van der Waals surface area contributed by atoms with Gasteiger partial charge in [-0.05, 0) is 56.6 Å². The van der Waals surface area contributed by atoms with Crippen LogP contribution in [0.3, 0.4) is 0 Å². The number of ether oxygens (including phenoxy) is 2. The highest BCUT2D eigenvalue weighted by atomic mass is 28.4. The minimum Gasteiger partial charge on any atom is -0.481 e. The first-order valence-corrected chi connectivity index (χ1v) is 13.5. The van der Waals surface area contributed by atoms with E-state index in [0.29, 0.717) is 19.0 Å². The molecule has 0 aromatic carbocycles. The Labute approximate surface area is 187 Å². The highest BCUT2D eigenvalue weighted by Gasteiger charge is 2.38. The van der Waals surface area contributed by atoms with Gasteiger partial charge in [-0.1, -0.05) is 20.8 Å². The van der Waals surface area contributed by atoms with Crippen LogP contribution in [0, 0.1) is 0 Å². The molecule has 2 heterocycles. The molecule has 2 rings (SSSR count). The summed E-state index contributed by atoms with van der Waals surface area (Å²) >= 11 is 0. The van der Waals surface area contributed by atoms with Gasteiger partial charge in [0, 0.05) is 31.3 Å². The van der Waals surface area contributed by atoms with E-state index in [4.69, 9.17) is 13.9 Å². The fourth-order valence-electron chi connectivity index (χ4n) is 2.78. The topological polar surface area (TPSA) is 82.6 Å². The lowest BCUT2D eigenvalue weighted by atomic mass is 9.99. The maximum atomic E-state index is 12.3. The molecule has 0 fully saturated rings. The largest absolute Gasteiger partial charge is 0.481 e. The van der Waals surface area contributed by atoms with Gasteiger partial charge in [-0.25, -0.2) is 9.78 Å². The molecule has 0 spiro atoms. The van der Waals surface area contributed by atoms with Gasteiger partial charge in [0.1, 0.15) is 5.60 Å².